The Morgan fingerprint density at radius 3 is 3.11 bits per heavy atom. The maximum Gasteiger partial charge on any atom is 0.244 e. The lowest BCUT2D eigenvalue weighted by Crippen LogP contribution is -2.20. The third kappa shape index (κ3) is 3.77. The smallest absolute Gasteiger partial charge is 0.244 e. The molecule has 1 aromatic heterocycles. The number of H-pyrrole nitrogens is 1. The molecular formula is C11H10BrN5O. The second-order valence-electron chi connectivity index (χ2n) is 3.43. The van der Waals surface area contributed by atoms with Crippen LogP contribution in [0.5, 0.6) is 0 Å². The lowest BCUT2D eigenvalue weighted by molar-refractivity contribution is -0.116. The molecule has 0 radical (unpaired) electrons. The molecule has 92 valence electrons. The van der Waals surface area contributed by atoms with Gasteiger partial charge in [-0.25, -0.2) is 0 Å². The van der Waals surface area contributed by atoms with Crippen molar-refractivity contribution in [1.29, 1.82) is 0 Å². The average molecular weight is 308 g/mol. The van der Waals surface area contributed by atoms with E-state index in [0.717, 1.165) is 10.0 Å². The summed E-state index contributed by atoms with van der Waals surface area (Å²) in [6.07, 6.45) is 3.19. The van der Waals surface area contributed by atoms with Crippen molar-refractivity contribution in [1.82, 2.24) is 25.9 Å². The summed E-state index contributed by atoms with van der Waals surface area (Å²) in [5.74, 6) is 0.235. The first kappa shape index (κ1) is 12.4. The lowest BCUT2D eigenvalue weighted by atomic mass is 10.2. The molecule has 0 bridgehead atoms. The van der Waals surface area contributed by atoms with E-state index in [2.05, 4.69) is 41.9 Å². The quantitative estimate of drug-likeness (QED) is 0.834. The topological polar surface area (TPSA) is 83.6 Å². The first-order valence-corrected chi connectivity index (χ1v) is 5.97. The van der Waals surface area contributed by atoms with Crippen LogP contribution in [0.4, 0.5) is 0 Å². The van der Waals surface area contributed by atoms with E-state index in [1.54, 1.807) is 6.08 Å². The SMILES string of the molecule is O=C(C=Cc1cccc(Br)c1)NCc1nn[nH]n1. The van der Waals surface area contributed by atoms with Crippen LogP contribution >= 0.6 is 15.9 Å². The highest BCUT2D eigenvalue weighted by Gasteiger charge is 2.00. The number of halogens is 1. The fourth-order valence-corrected chi connectivity index (χ4v) is 1.68. The molecule has 0 aliphatic carbocycles. The van der Waals surface area contributed by atoms with Crippen molar-refractivity contribution in [2.45, 2.75) is 6.54 Å². The number of hydrogen-bond donors (Lipinski definition) is 2. The Hall–Kier alpha value is -2.02. The van der Waals surface area contributed by atoms with Crippen molar-refractivity contribution >= 4 is 27.9 Å². The zero-order valence-electron chi connectivity index (χ0n) is 9.30. The molecule has 0 saturated heterocycles. The van der Waals surface area contributed by atoms with Crippen LogP contribution in [0.1, 0.15) is 11.4 Å². The third-order valence-corrected chi connectivity index (χ3v) is 2.58. The van der Waals surface area contributed by atoms with E-state index in [1.807, 2.05) is 24.3 Å². The van der Waals surface area contributed by atoms with Crippen LogP contribution in [0.25, 0.3) is 6.08 Å². The normalized spacial score (nSPS) is 10.7. The Morgan fingerprint density at radius 1 is 1.50 bits per heavy atom. The van der Waals surface area contributed by atoms with Crippen LogP contribution < -0.4 is 5.32 Å². The molecule has 0 aliphatic rings. The number of carbonyl (C=O) groups is 1. The molecule has 0 aliphatic heterocycles. The van der Waals surface area contributed by atoms with E-state index in [1.165, 1.54) is 6.08 Å². The summed E-state index contributed by atoms with van der Waals surface area (Å²) in [5, 5.41) is 15.8. The fourth-order valence-electron chi connectivity index (χ4n) is 1.26. The van der Waals surface area contributed by atoms with E-state index in [9.17, 15) is 4.79 Å². The highest BCUT2D eigenvalue weighted by molar-refractivity contribution is 9.10. The van der Waals surface area contributed by atoms with Gasteiger partial charge in [-0.05, 0) is 23.8 Å². The Kier molecular flexibility index (Phi) is 4.19. The highest BCUT2D eigenvalue weighted by Crippen LogP contribution is 2.12. The Labute approximate surface area is 112 Å². The van der Waals surface area contributed by atoms with Gasteiger partial charge in [0.15, 0.2) is 5.82 Å². The number of carbonyl (C=O) groups excluding carboxylic acids is 1. The van der Waals surface area contributed by atoms with Crippen LogP contribution in [0.3, 0.4) is 0 Å². The maximum atomic E-state index is 11.5. The molecule has 1 aromatic carbocycles. The predicted octanol–water partition coefficient (Wildman–Crippen LogP) is 1.29. The van der Waals surface area contributed by atoms with Gasteiger partial charge in [0.25, 0.3) is 0 Å². The Balaban J connectivity index is 1.87. The number of rotatable bonds is 4. The van der Waals surface area contributed by atoms with Crippen LogP contribution in [0, 0.1) is 0 Å². The molecular weight excluding hydrogens is 298 g/mol. The molecule has 0 atom stereocenters. The number of nitrogens with one attached hydrogen (secondary N) is 2. The van der Waals surface area contributed by atoms with Crippen LogP contribution in [0.2, 0.25) is 0 Å². The number of aromatic nitrogens is 4. The summed E-state index contributed by atoms with van der Waals surface area (Å²) in [6.45, 7) is 0.248. The van der Waals surface area contributed by atoms with Crippen molar-refractivity contribution in [3.05, 3.63) is 46.2 Å². The molecule has 0 spiro atoms. The predicted molar refractivity (Wildman–Crippen MR) is 69.2 cm³/mol. The standard InChI is InChI=1S/C11H10BrN5O/c12-9-3-1-2-8(6-9)4-5-11(18)13-7-10-14-16-17-15-10/h1-6H,7H2,(H,13,18)(H,14,15,16,17). The molecule has 7 heteroatoms. The summed E-state index contributed by atoms with van der Waals surface area (Å²) < 4.78 is 0.969. The number of nitrogens with zero attached hydrogens (tertiary/aromatic N) is 3. The van der Waals surface area contributed by atoms with E-state index in [4.69, 9.17) is 0 Å². The summed E-state index contributed by atoms with van der Waals surface area (Å²) in [6, 6.07) is 7.66. The van der Waals surface area contributed by atoms with Gasteiger partial charge < -0.3 is 5.32 Å². The number of benzene rings is 1. The van der Waals surface area contributed by atoms with Gasteiger partial charge in [0.2, 0.25) is 5.91 Å². The number of aromatic amines is 1. The second-order valence-corrected chi connectivity index (χ2v) is 4.35. The minimum absolute atomic E-state index is 0.209. The van der Waals surface area contributed by atoms with Crippen LogP contribution in [-0.4, -0.2) is 26.5 Å². The van der Waals surface area contributed by atoms with Gasteiger partial charge in [-0.15, -0.1) is 10.2 Å². The summed E-state index contributed by atoms with van der Waals surface area (Å²) in [5.41, 5.74) is 0.944. The van der Waals surface area contributed by atoms with Gasteiger partial charge in [0, 0.05) is 10.5 Å². The molecule has 6 nitrogen and oxygen atoms in total. The van der Waals surface area contributed by atoms with Gasteiger partial charge >= 0.3 is 0 Å². The minimum Gasteiger partial charge on any atom is -0.345 e. The zero-order chi connectivity index (χ0) is 12.8. The molecule has 0 unspecified atom stereocenters. The van der Waals surface area contributed by atoms with E-state index < -0.39 is 0 Å². The number of hydrogen-bond acceptors (Lipinski definition) is 4. The molecule has 18 heavy (non-hydrogen) atoms. The summed E-state index contributed by atoms with van der Waals surface area (Å²) in [7, 11) is 0. The first-order valence-electron chi connectivity index (χ1n) is 5.18. The molecule has 2 N–H and O–H groups in total. The monoisotopic (exact) mass is 307 g/mol. The van der Waals surface area contributed by atoms with Gasteiger partial charge in [-0.3, -0.25) is 4.79 Å². The zero-order valence-corrected chi connectivity index (χ0v) is 10.9. The third-order valence-electron chi connectivity index (χ3n) is 2.09. The van der Waals surface area contributed by atoms with Crippen molar-refractivity contribution < 1.29 is 4.79 Å². The Bertz CT molecular complexity index is 552. The van der Waals surface area contributed by atoms with Crippen molar-refractivity contribution in [2.75, 3.05) is 0 Å². The summed E-state index contributed by atoms with van der Waals surface area (Å²) in [4.78, 5) is 11.5. The average Bonchev–Trinajstić information content (AvgIpc) is 2.87. The number of amides is 1. The molecule has 0 saturated carbocycles. The van der Waals surface area contributed by atoms with Crippen molar-refractivity contribution in [3.63, 3.8) is 0 Å². The van der Waals surface area contributed by atoms with Gasteiger partial charge in [-0.1, -0.05) is 33.3 Å². The van der Waals surface area contributed by atoms with Gasteiger partial charge in [-0.2, -0.15) is 5.21 Å². The molecule has 0 fully saturated rings. The minimum atomic E-state index is -0.209. The van der Waals surface area contributed by atoms with E-state index in [-0.39, 0.29) is 12.5 Å². The summed E-state index contributed by atoms with van der Waals surface area (Å²) >= 11 is 3.36. The first-order chi connectivity index (χ1) is 8.74. The largest absolute Gasteiger partial charge is 0.345 e. The molecule has 2 rings (SSSR count). The Morgan fingerprint density at radius 2 is 2.39 bits per heavy atom. The van der Waals surface area contributed by atoms with Crippen molar-refractivity contribution in [2.24, 2.45) is 0 Å². The van der Waals surface area contributed by atoms with E-state index >= 15 is 0 Å². The van der Waals surface area contributed by atoms with Crippen LogP contribution in [0.15, 0.2) is 34.8 Å². The van der Waals surface area contributed by atoms with Gasteiger partial charge in [0.05, 0.1) is 6.54 Å². The second kappa shape index (κ2) is 6.06. The van der Waals surface area contributed by atoms with Crippen LogP contribution in [-0.2, 0) is 11.3 Å². The fraction of sp³-hybridized carbons (Fsp3) is 0.0909. The molecule has 1 heterocycles. The lowest BCUT2D eigenvalue weighted by Gasteiger charge is -1.97. The highest BCUT2D eigenvalue weighted by atomic mass is 79.9. The van der Waals surface area contributed by atoms with E-state index in [0.29, 0.717) is 5.82 Å². The molecule has 1 amide bonds. The maximum absolute atomic E-state index is 11.5. The van der Waals surface area contributed by atoms with Crippen molar-refractivity contribution in [3.8, 4) is 0 Å². The molecule has 2 aromatic rings. The number of tetrazole rings is 1. The van der Waals surface area contributed by atoms with Gasteiger partial charge in [0.1, 0.15) is 0 Å².